The van der Waals surface area contributed by atoms with Gasteiger partial charge in [0.1, 0.15) is 0 Å². The third kappa shape index (κ3) is 6.09. The Morgan fingerprint density at radius 1 is 1.38 bits per heavy atom. The minimum atomic E-state index is -0.143. The number of rotatable bonds is 7. The molecule has 0 radical (unpaired) electrons. The van der Waals surface area contributed by atoms with E-state index in [1.54, 1.807) is 7.05 Å². The van der Waals surface area contributed by atoms with Crippen molar-refractivity contribution in [1.82, 2.24) is 20.8 Å². The fourth-order valence-electron chi connectivity index (χ4n) is 2.19. The lowest BCUT2D eigenvalue weighted by atomic mass is 9.97. The van der Waals surface area contributed by atoms with E-state index in [1.807, 2.05) is 20.8 Å². The van der Waals surface area contributed by atoms with Crippen LogP contribution in [0.15, 0.2) is 9.52 Å². The van der Waals surface area contributed by atoms with Gasteiger partial charge in [0, 0.05) is 32.2 Å². The zero-order chi connectivity index (χ0) is 17.4. The van der Waals surface area contributed by atoms with Crippen molar-refractivity contribution in [3.8, 4) is 0 Å². The summed E-state index contributed by atoms with van der Waals surface area (Å²) in [5.41, 5.74) is -0.143. The summed E-state index contributed by atoms with van der Waals surface area (Å²) in [7, 11) is 1.73. The highest BCUT2D eigenvalue weighted by Crippen LogP contribution is 2.19. The monoisotopic (exact) mass is 339 g/mol. The van der Waals surface area contributed by atoms with Gasteiger partial charge < -0.3 is 24.6 Å². The Morgan fingerprint density at radius 3 is 2.83 bits per heavy atom. The number of nitrogens with zero attached hydrogens (tertiary/aromatic N) is 3. The van der Waals surface area contributed by atoms with Gasteiger partial charge in [-0.1, -0.05) is 25.9 Å². The fraction of sp³-hybridized carbons (Fsp3) is 0.812. The first-order valence-electron chi connectivity index (χ1n) is 8.46. The van der Waals surface area contributed by atoms with E-state index in [-0.39, 0.29) is 11.5 Å². The average Bonchev–Trinajstić information content (AvgIpc) is 3.20. The molecule has 8 heteroatoms. The van der Waals surface area contributed by atoms with E-state index in [1.165, 1.54) is 0 Å². The molecule has 0 amide bonds. The molecule has 0 bridgehead atoms. The van der Waals surface area contributed by atoms with Crippen molar-refractivity contribution in [2.24, 2.45) is 4.99 Å². The van der Waals surface area contributed by atoms with E-state index in [4.69, 9.17) is 14.0 Å². The number of hydrogen-bond acceptors (Lipinski definition) is 6. The molecule has 2 rings (SSSR count). The third-order valence-corrected chi connectivity index (χ3v) is 3.60. The predicted octanol–water partition coefficient (Wildman–Crippen LogP) is 1.23. The first-order valence-corrected chi connectivity index (χ1v) is 8.46. The molecule has 1 fully saturated rings. The van der Waals surface area contributed by atoms with Crippen LogP contribution in [0.1, 0.15) is 45.3 Å². The zero-order valence-electron chi connectivity index (χ0n) is 15.1. The Hall–Kier alpha value is -1.67. The number of aromatic nitrogens is 2. The van der Waals surface area contributed by atoms with Crippen LogP contribution in [-0.4, -0.2) is 55.6 Å². The smallest absolute Gasteiger partial charge is 0.232 e. The summed E-state index contributed by atoms with van der Waals surface area (Å²) in [6.45, 7) is 9.62. The van der Waals surface area contributed by atoms with Gasteiger partial charge in [-0.3, -0.25) is 4.99 Å². The lowest BCUT2D eigenvalue weighted by Crippen LogP contribution is -2.38. The summed E-state index contributed by atoms with van der Waals surface area (Å²) >= 11 is 0. The predicted molar refractivity (Wildman–Crippen MR) is 91.0 cm³/mol. The van der Waals surface area contributed by atoms with Gasteiger partial charge in [0.25, 0.3) is 0 Å². The van der Waals surface area contributed by atoms with Crippen molar-refractivity contribution in [1.29, 1.82) is 0 Å². The van der Waals surface area contributed by atoms with Crippen LogP contribution in [-0.2, 0) is 21.4 Å². The lowest BCUT2D eigenvalue weighted by Gasteiger charge is -2.12. The maximum atomic E-state index is 5.72. The number of aliphatic imine (C=N–C) groups is 1. The van der Waals surface area contributed by atoms with Gasteiger partial charge in [-0.05, 0) is 12.8 Å². The summed E-state index contributed by atoms with van der Waals surface area (Å²) in [4.78, 5) is 8.57. The van der Waals surface area contributed by atoms with Gasteiger partial charge in [0.15, 0.2) is 11.8 Å². The molecule has 136 valence electrons. The van der Waals surface area contributed by atoms with E-state index < -0.39 is 0 Å². The summed E-state index contributed by atoms with van der Waals surface area (Å²) in [6.07, 6.45) is 2.17. The van der Waals surface area contributed by atoms with E-state index in [0.29, 0.717) is 24.2 Å². The summed E-state index contributed by atoms with van der Waals surface area (Å²) < 4.78 is 16.3. The lowest BCUT2D eigenvalue weighted by molar-refractivity contribution is 0.0420. The Bertz CT molecular complexity index is 518. The molecular formula is C16H29N5O3. The highest BCUT2D eigenvalue weighted by atomic mass is 16.5. The van der Waals surface area contributed by atoms with Crippen molar-refractivity contribution in [2.75, 3.05) is 33.4 Å². The summed E-state index contributed by atoms with van der Waals surface area (Å²) in [6, 6.07) is 0. The van der Waals surface area contributed by atoms with E-state index in [9.17, 15) is 0 Å². The maximum absolute atomic E-state index is 5.72. The van der Waals surface area contributed by atoms with Crippen molar-refractivity contribution in [3.05, 3.63) is 11.7 Å². The molecule has 8 nitrogen and oxygen atoms in total. The van der Waals surface area contributed by atoms with Gasteiger partial charge in [0.05, 0.1) is 19.3 Å². The van der Waals surface area contributed by atoms with Crippen LogP contribution in [0.5, 0.6) is 0 Å². The first-order chi connectivity index (χ1) is 11.5. The van der Waals surface area contributed by atoms with Crippen molar-refractivity contribution < 1.29 is 14.0 Å². The maximum Gasteiger partial charge on any atom is 0.232 e. The normalized spacial score (nSPS) is 18.8. The minimum Gasteiger partial charge on any atom is -0.379 e. The molecule has 1 atom stereocenters. The largest absolute Gasteiger partial charge is 0.379 e. The molecule has 0 spiro atoms. The molecule has 2 N–H and O–H groups in total. The number of hydrogen-bond donors (Lipinski definition) is 2. The van der Waals surface area contributed by atoms with Crippen LogP contribution < -0.4 is 10.6 Å². The van der Waals surface area contributed by atoms with Crippen LogP contribution in [0, 0.1) is 0 Å². The van der Waals surface area contributed by atoms with Crippen LogP contribution in [0.4, 0.5) is 0 Å². The summed E-state index contributed by atoms with van der Waals surface area (Å²) in [5.74, 6) is 1.96. The third-order valence-electron chi connectivity index (χ3n) is 3.60. The van der Waals surface area contributed by atoms with E-state index in [2.05, 4.69) is 25.8 Å². The van der Waals surface area contributed by atoms with E-state index in [0.717, 1.165) is 39.2 Å². The quantitative estimate of drug-likeness (QED) is 0.438. The van der Waals surface area contributed by atoms with Gasteiger partial charge in [-0.25, -0.2) is 0 Å². The second-order valence-corrected chi connectivity index (χ2v) is 6.83. The number of nitrogens with one attached hydrogen (secondary N) is 2. The van der Waals surface area contributed by atoms with Crippen molar-refractivity contribution >= 4 is 5.96 Å². The molecule has 1 aliphatic heterocycles. The Labute approximate surface area is 143 Å². The van der Waals surface area contributed by atoms with Crippen molar-refractivity contribution in [3.63, 3.8) is 0 Å². The molecule has 1 aromatic rings. The Morgan fingerprint density at radius 2 is 2.21 bits per heavy atom. The van der Waals surface area contributed by atoms with Gasteiger partial charge in [-0.15, -0.1) is 0 Å². The van der Waals surface area contributed by atoms with Crippen LogP contribution in [0.2, 0.25) is 0 Å². The SMILES string of the molecule is CN=C(NCCCOC1CCOC1)NCc1noc(C(C)(C)C)n1. The molecule has 0 aromatic carbocycles. The fourth-order valence-corrected chi connectivity index (χ4v) is 2.19. The molecular weight excluding hydrogens is 310 g/mol. The van der Waals surface area contributed by atoms with Gasteiger partial charge >= 0.3 is 0 Å². The molecule has 24 heavy (non-hydrogen) atoms. The minimum absolute atomic E-state index is 0.143. The molecule has 1 aliphatic rings. The number of ether oxygens (including phenoxy) is 2. The zero-order valence-corrected chi connectivity index (χ0v) is 15.1. The summed E-state index contributed by atoms with van der Waals surface area (Å²) in [5, 5.41) is 10.4. The first kappa shape index (κ1) is 18.7. The Kier molecular flexibility index (Phi) is 6.99. The van der Waals surface area contributed by atoms with Crippen LogP contribution >= 0.6 is 0 Å². The number of guanidine groups is 1. The molecule has 0 saturated carbocycles. The molecule has 2 heterocycles. The Balaban J connectivity index is 1.62. The second-order valence-electron chi connectivity index (χ2n) is 6.83. The van der Waals surface area contributed by atoms with Gasteiger partial charge in [-0.2, -0.15) is 4.98 Å². The van der Waals surface area contributed by atoms with Crippen LogP contribution in [0.3, 0.4) is 0 Å². The van der Waals surface area contributed by atoms with E-state index >= 15 is 0 Å². The van der Waals surface area contributed by atoms with Crippen molar-refractivity contribution in [2.45, 2.75) is 51.7 Å². The topological polar surface area (TPSA) is 93.8 Å². The van der Waals surface area contributed by atoms with Crippen LogP contribution in [0.25, 0.3) is 0 Å². The molecule has 1 unspecified atom stereocenters. The highest BCUT2D eigenvalue weighted by Gasteiger charge is 2.21. The molecule has 1 aromatic heterocycles. The van der Waals surface area contributed by atoms with Gasteiger partial charge in [0.2, 0.25) is 5.89 Å². The average molecular weight is 339 g/mol. The highest BCUT2D eigenvalue weighted by molar-refractivity contribution is 5.79. The molecule has 0 aliphatic carbocycles. The second kappa shape index (κ2) is 8.98. The molecule has 1 saturated heterocycles. The standard InChI is InChI=1S/C16H29N5O3/c1-16(2,3)14-20-13(21-24-14)10-19-15(17-4)18-7-5-8-23-12-6-9-22-11-12/h12H,5-11H2,1-4H3,(H2,17,18,19).